The molecule has 0 aromatic carbocycles. The average molecular weight is 654 g/mol. The third-order valence-electron chi connectivity index (χ3n) is 9.48. The summed E-state index contributed by atoms with van der Waals surface area (Å²) in [5.74, 6) is -0.592. The molecule has 1 amide bonds. The Morgan fingerprint density at radius 2 is 0.891 bits per heavy atom. The summed E-state index contributed by atoms with van der Waals surface area (Å²) >= 11 is 0. The van der Waals surface area contributed by atoms with Crippen LogP contribution in [0.2, 0.25) is 0 Å². The van der Waals surface area contributed by atoms with E-state index in [1.807, 2.05) is 0 Å². The van der Waals surface area contributed by atoms with Gasteiger partial charge >= 0.3 is 0 Å². The van der Waals surface area contributed by atoms with Crippen LogP contribution in [0.1, 0.15) is 206 Å². The minimum atomic E-state index is -1.28. The Bertz CT molecular complexity index is 658. The topological polar surface area (TPSA) is 110 Å². The predicted octanol–water partition coefficient (Wildman–Crippen LogP) is 9.85. The maximum atomic E-state index is 12.5. The molecule has 0 aliphatic rings. The van der Waals surface area contributed by atoms with E-state index >= 15 is 0 Å². The van der Waals surface area contributed by atoms with E-state index in [0.29, 0.717) is 12.8 Å². The number of hydrogen-bond acceptors (Lipinski definition) is 5. The highest BCUT2D eigenvalue weighted by atomic mass is 16.3. The van der Waals surface area contributed by atoms with Crippen molar-refractivity contribution in [1.82, 2.24) is 5.32 Å². The van der Waals surface area contributed by atoms with Gasteiger partial charge in [-0.3, -0.25) is 4.79 Å². The quantitative estimate of drug-likeness (QED) is 0.0342. The third kappa shape index (κ3) is 29.2. The maximum absolute atomic E-state index is 12.5. The fraction of sp³-hybridized carbons (Fsp3) is 0.925. The number of amides is 1. The van der Waals surface area contributed by atoms with Gasteiger partial charge in [0.2, 0.25) is 5.91 Å². The van der Waals surface area contributed by atoms with Crippen LogP contribution in [0.5, 0.6) is 0 Å². The monoisotopic (exact) mass is 654 g/mol. The van der Waals surface area contributed by atoms with Crippen molar-refractivity contribution in [2.75, 3.05) is 6.61 Å². The summed E-state index contributed by atoms with van der Waals surface area (Å²) < 4.78 is 0. The molecule has 0 aliphatic heterocycles. The molecule has 0 aliphatic carbocycles. The Kier molecular flexibility index (Phi) is 34.6. The number of nitrogens with one attached hydrogen (secondary N) is 1. The summed E-state index contributed by atoms with van der Waals surface area (Å²) in [6.07, 6.45) is 36.7. The van der Waals surface area contributed by atoms with E-state index in [1.165, 1.54) is 141 Å². The predicted molar refractivity (Wildman–Crippen MR) is 196 cm³/mol. The fourth-order valence-electron chi connectivity index (χ4n) is 6.23. The molecule has 0 fully saturated rings. The zero-order valence-corrected chi connectivity index (χ0v) is 30.6. The van der Waals surface area contributed by atoms with Crippen LogP contribution in [0.15, 0.2) is 12.2 Å². The number of aliphatic hydroxyl groups excluding tert-OH is 4. The first-order chi connectivity index (χ1) is 22.5. The van der Waals surface area contributed by atoms with Crippen LogP contribution in [-0.2, 0) is 4.79 Å². The summed E-state index contributed by atoms with van der Waals surface area (Å²) in [7, 11) is 0. The van der Waals surface area contributed by atoms with Crippen molar-refractivity contribution in [2.45, 2.75) is 231 Å². The molecule has 0 aromatic rings. The second-order valence-electron chi connectivity index (χ2n) is 14.0. The number of carbonyl (C=O) groups is 1. The first-order valence-corrected chi connectivity index (χ1v) is 20.1. The van der Waals surface area contributed by atoms with Crippen LogP contribution in [0.4, 0.5) is 0 Å². The average Bonchev–Trinajstić information content (AvgIpc) is 3.06. The second kappa shape index (κ2) is 35.4. The van der Waals surface area contributed by atoms with Crippen molar-refractivity contribution in [3.05, 3.63) is 12.2 Å². The molecule has 5 N–H and O–H groups in total. The number of aliphatic hydroxyl groups is 4. The molecule has 6 heteroatoms. The van der Waals surface area contributed by atoms with Gasteiger partial charge in [-0.25, -0.2) is 0 Å². The van der Waals surface area contributed by atoms with Gasteiger partial charge in [-0.15, -0.1) is 0 Å². The molecule has 0 radical (unpaired) electrons. The Balaban J connectivity index is 3.77. The lowest BCUT2D eigenvalue weighted by molar-refractivity contribution is -0.132. The molecular weight excluding hydrogens is 574 g/mol. The Hall–Kier alpha value is -0.950. The molecule has 46 heavy (non-hydrogen) atoms. The summed E-state index contributed by atoms with van der Waals surface area (Å²) in [5.41, 5.74) is 0. The van der Waals surface area contributed by atoms with Gasteiger partial charge in [0.05, 0.1) is 18.8 Å². The van der Waals surface area contributed by atoms with Gasteiger partial charge in [-0.1, -0.05) is 180 Å². The smallest absolute Gasteiger partial charge is 0.249 e. The lowest BCUT2D eigenvalue weighted by Gasteiger charge is -2.27. The van der Waals surface area contributed by atoms with Crippen molar-refractivity contribution in [3.8, 4) is 0 Å². The first kappa shape index (κ1) is 45.0. The van der Waals surface area contributed by atoms with Crippen molar-refractivity contribution >= 4 is 5.91 Å². The number of allylic oxidation sites excluding steroid dienone is 2. The van der Waals surface area contributed by atoms with Gasteiger partial charge in [0, 0.05) is 0 Å². The highest BCUT2D eigenvalue weighted by Crippen LogP contribution is 2.16. The number of hydrogen-bond donors (Lipinski definition) is 5. The Labute approximate surface area is 285 Å². The molecule has 4 unspecified atom stereocenters. The molecule has 0 spiro atoms. The fourth-order valence-corrected chi connectivity index (χ4v) is 6.23. The SMILES string of the molecule is CCCCCCCCCC=CCCCC(O)C(O)C(CO)NC(=O)C(O)CCCCCCCCCCCCCCCCCCCC. The number of carbonyl (C=O) groups excluding carboxylic acids is 1. The van der Waals surface area contributed by atoms with Gasteiger partial charge in [-0.05, 0) is 38.5 Å². The van der Waals surface area contributed by atoms with Crippen molar-refractivity contribution < 1.29 is 25.2 Å². The lowest BCUT2D eigenvalue weighted by Crippen LogP contribution is -2.53. The number of unbranched alkanes of at least 4 members (excludes halogenated alkanes) is 25. The zero-order chi connectivity index (χ0) is 33.9. The van der Waals surface area contributed by atoms with Crippen LogP contribution < -0.4 is 5.32 Å². The highest BCUT2D eigenvalue weighted by Gasteiger charge is 2.28. The molecule has 6 nitrogen and oxygen atoms in total. The van der Waals surface area contributed by atoms with Crippen LogP contribution in [-0.4, -0.2) is 57.3 Å². The van der Waals surface area contributed by atoms with Crippen LogP contribution in [0.25, 0.3) is 0 Å². The van der Waals surface area contributed by atoms with Crippen LogP contribution >= 0.6 is 0 Å². The highest BCUT2D eigenvalue weighted by molar-refractivity contribution is 5.80. The summed E-state index contributed by atoms with van der Waals surface area (Å²) in [6, 6.07) is -0.995. The van der Waals surface area contributed by atoms with Crippen molar-refractivity contribution in [2.24, 2.45) is 0 Å². The minimum Gasteiger partial charge on any atom is -0.394 e. The second-order valence-corrected chi connectivity index (χ2v) is 14.0. The summed E-state index contributed by atoms with van der Waals surface area (Å²) in [4.78, 5) is 12.5. The summed E-state index contributed by atoms with van der Waals surface area (Å²) in [5, 5.41) is 43.5. The Morgan fingerprint density at radius 1 is 0.522 bits per heavy atom. The van der Waals surface area contributed by atoms with Crippen molar-refractivity contribution in [1.29, 1.82) is 0 Å². The molecule has 0 saturated heterocycles. The van der Waals surface area contributed by atoms with E-state index in [-0.39, 0.29) is 0 Å². The molecule has 0 saturated carbocycles. The third-order valence-corrected chi connectivity index (χ3v) is 9.48. The molecular formula is C40H79NO5. The van der Waals surface area contributed by atoms with Gasteiger partial charge in [0.1, 0.15) is 12.2 Å². The lowest BCUT2D eigenvalue weighted by atomic mass is 10.00. The van der Waals surface area contributed by atoms with Gasteiger partial charge < -0.3 is 25.7 Å². The van der Waals surface area contributed by atoms with E-state index in [9.17, 15) is 25.2 Å². The van der Waals surface area contributed by atoms with E-state index < -0.39 is 36.9 Å². The molecule has 0 rings (SSSR count). The van der Waals surface area contributed by atoms with Crippen molar-refractivity contribution in [3.63, 3.8) is 0 Å². The van der Waals surface area contributed by atoms with Gasteiger partial charge in [0.25, 0.3) is 0 Å². The first-order valence-electron chi connectivity index (χ1n) is 20.1. The standard InChI is InChI=1S/C40H79NO5/c1-3-5-7-9-11-13-15-17-18-19-20-21-22-24-26-28-30-32-34-38(44)40(46)41-36(35-42)39(45)37(43)33-31-29-27-25-23-16-14-12-10-8-6-4-2/h25,27,36-39,42-45H,3-24,26,28-35H2,1-2H3,(H,41,46). The molecule has 0 heterocycles. The zero-order valence-electron chi connectivity index (χ0n) is 30.6. The molecule has 0 bridgehead atoms. The van der Waals surface area contributed by atoms with E-state index in [0.717, 1.165) is 38.5 Å². The summed E-state index contributed by atoms with van der Waals surface area (Å²) in [6.45, 7) is 4.02. The molecule has 4 atom stereocenters. The minimum absolute atomic E-state index is 0.368. The van der Waals surface area contributed by atoms with E-state index in [4.69, 9.17) is 0 Å². The van der Waals surface area contributed by atoms with Gasteiger partial charge in [0.15, 0.2) is 0 Å². The molecule has 274 valence electrons. The van der Waals surface area contributed by atoms with Crippen LogP contribution in [0, 0.1) is 0 Å². The van der Waals surface area contributed by atoms with E-state index in [2.05, 4.69) is 31.3 Å². The maximum Gasteiger partial charge on any atom is 0.249 e. The van der Waals surface area contributed by atoms with Crippen LogP contribution in [0.3, 0.4) is 0 Å². The molecule has 0 aromatic heterocycles. The largest absolute Gasteiger partial charge is 0.394 e. The Morgan fingerprint density at radius 3 is 1.30 bits per heavy atom. The van der Waals surface area contributed by atoms with Gasteiger partial charge in [-0.2, -0.15) is 0 Å². The normalized spacial score (nSPS) is 14.5. The number of rotatable bonds is 36. The van der Waals surface area contributed by atoms with E-state index in [1.54, 1.807) is 0 Å².